The van der Waals surface area contributed by atoms with Crippen molar-refractivity contribution in [3.8, 4) is 0 Å². The average Bonchev–Trinajstić information content (AvgIpc) is 2.66. The van der Waals surface area contributed by atoms with Gasteiger partial charge in [-0.25, -0.2) is 9.78 Å². The molecule has 0 saturated heterocycles. The van der Waals surface area contributed by atoms with Crippen LogP contribution in [0.4, 0.5) is 0 Å². The monoisotopic (exact) mass is 366 g/mol. The number of ether oxygens (including phenoxy) is 2. The number of carbonyl (C=O) groups excluding carboxylic acids is 1. The molecule has 0 radical (unpaired) electrons. The van der Waals surface area contributed by atoms with Crippen LogP contribution in [0.2, 0.25) is 0 Å². The first kappa shape index (κ1) is 18.8. The summed E-state index contributed by atoms with van der Waals surface area (Å²) in [5, 5.41) is 0.499. The van der Waals surface area contributed by atoms with Gasteiger partial charge >= 0.3 is 5.97 Å². The lowest BCUT2D eigenvalue weighted by Gasteiger charge is -2.13. The molecule has 6 heteroatoms. The lowest BCUT2D eigenvalue weighted by molar-refractivity contribution is 0.0319. The van der Waals surface area contributed by atoms with E-state index in [1.165, 1.54) is 0 Å². The third-order valence-corrected chi connectivity index (χ3v) is 4.07. The van der Waals surface area contributed by atoms with Gasteiger partial charge in [0.1, 0.15) is 0 Å². The van der Waals surface area contributed by atoms with Crippen molar-refractivity contribution in [2.75, 3.05) is 0 Å². The highest BCUT2D eigenvalue weighted by molar-refractivity contribution is 5.89. The van der Waals surface area contributed by atoms with Crippen LogP contribution >= 0.6 is 0 Å². The predicted molar refractivity (Wildman–Crippen MR) is 103 cm³/mol. The first-order chi connectivity index (χ1) is 12.9. The Bertz CT molecular complexity index is 993. The zero-order valence-corrected chi connectivity index (χ0v) is 15.6. The third-order valence-electron chi connectivity index (χ3n) is 4.07. The number of esters is 1. The molecule has 6 nitrogen and oxygen atoms in total. The molecule has 3 rings (SSSR count). The van der Waals surface area contributed by atoms with E-state index in [2.05, 4.69) is 9.97 Å². The number of H-pyrrole nitrogens is 1. The van der Waals surface area contributed by atoms with Crippen LogP contribution < -0.4 is 5.56 Å². The maximum Gasteiger partial charge on any atom is 0.338 e. The van der Waals surface area contributed by atoms with Crippen molar-refractivity contribution in [2.24, 2.45) is 0 Å². The minimum atomic E-state index is -0.682. The summed E-state index contributed by atoms with van der Waals surface area (Å²) in [5.74, 6) is -0.163. The Kier molecular flexibility index (Phi) is 5.66. The highest BCUT2D eigenvalue weighted by atomic mass is 16.5. The van der Waals surface area contributed by atoms with Gasteiger partial charge in [-0.05, 0) is 50.6 Å². The van der Waals surface area contributed by atoms with E-state index in [-0.39, 0.29) is 11.7 Å². The highest BCUT2D eigenvalue weighted by Crippen LogP contribution is 2.17. The lowest BCUT2D eigenvalue weighted by Crippen LogP contribution is -2.17. The van der Waals surface area contributed by atoms with Crippen molar-refractivity contribution in [2.45, 2.75) is 39.6 Å². The Morgan fingerprint density at radius 1 is 1.07 bits per heavy atom. The first-order valence-electron chi connectivity index (χ1n) is 8.84. The van der Waals surface area contributed by atoms with Gasteiger partial charge in [-0.2, -0.15) is 0 Å². The van der Waals surface area contributed by atoms with Crippen molar-refractivity contribution in [1.82, 2.24) is 9.97 Å². The summed E-state index contributed by atoms with van der Waals surface area (Å²) in [7, 11) is 0. The van der Waals surface area contributed by atoms with E-state index in [1.54, 1.807) is 43.3 Å². The first-order valence-corrected chi connectivity index (χ1v) is 8.84. The van der Waals surface area contributed by atoms with Gasteiger partial charge in [0.15, 0.2) is 11.9 Å². The highest BCUT2D eigenvalue weighted by Gasteiger charge is 2.17. The van der Waals surface area contributed by atoms with Gasteiger partial charge in [0.05, 0.1) is 29.2 Å². The Morgan fingerprint density at radius 3 is 2.48 bits per heavy atom. The summed E-state index contributed by atoms with van der Waals surface area (Å²) in [5.41, 5.74) is 1.72. The molecule has 0 aliphatic rings. The largest absolute Gasteiger partial charge is 0.451 e. The topological polar surface area (TPSA) is 81.3 Å². The van der Waals surface area contributed by atoms with Crippen molar-refractivity contribution < 1.29 is 14.3 Å². The standard InChI is InChI=1S/C21H22N2O4/c1-13(2)26-12-15-8-10-16(11-9-15)21(25)27-14(3)19-22-18-7-5-4-6-17(18)20(24)23-19/h4-11,13-14H,12H2,1-3H3,(H,22,23,24)/t14-/m0/s1. The SMILES string of the molecule is CC(C)OCc1ccc(C(=O)O[C@@H](C)c2nc3ccccc3c(=O)[nH]2)cc1. The van der Waals surface area contributed by atoms with E-state index in [9.17, 15) is 9.59 Å². The molecule has 2 aromatic carbocycles. The van der Waals surface area contributed by atoms with Gasteiger partial charge in [0, 0.05) is 0 Å². The van der Waals surface area contributed by atoms with Gasteiger partial charge in [0.2, 0.25) is 0 Å². The second-order valence-corrected chi connectivity index (χ2v) is 6.57. The maximum absolute atomic E-state index is 12.4. The summed E-state index contributed by atoms with van der Waals surface area (Å²) >= 11 is 0. The zero-order chi connectivity index (χ0) is 19.4. The molecule has 0 amide bonds. The number of fused-ring (bicyclic) bond motifs is 1. The molecule has 1 N–H and O–H groups in total. The molecule has 1 aromatic heterocycles. The average molecular weight is 366 g/mol. The van der Waals surface area contributed by atoms with Crippen LogP contribution in [0.3, 0.4) is 0 Å². The fourth-order valence-corrected chi connectivity index (χ4v) is 2.58. The molecule has 0 unspecified atom stereocenters. The molecule has 0 spiro atoms. The van der Waals surface area contributed by atoms with Crippen LogP contribution in [0.25, 0.3) is 10.9 Å². The van der Waals surface area contributed by atoms with Crippen LogP contribution in [0.15, 0.2) is 53.3 Å². The molecule has 0 saturated carbocycles. The minimum absolute atomic E-state index is 0.145. The molecule has 3 aromatic rings. The Morgan fingerprint density at radius 2 is 1.78 bits per heavy atom. The van der Waals surface area contributed by atoms with Gasteiger partial charge in [-0.15, -0.1) is 0 Å². The van der Waals surface area contributed by atoms with Crippen molar-refractivity contribution >= 4 is 16.9 Å². The number of carbonyl (C=O) groups is 1. The molecule has 0 aliphatic carbocycles. The van der Waals surface area contributed by atoms with Gasteiger partial charge in [-0.3, -0.25) is 4.79 Å². The van der Waals surface area contributed by atoms with E-state index >= 15 is 0 Å². The molecule has 0 fully saturated rings. The molecular formula is C21H22N2O4. The van der Waals surface area contributed by atoms with Gasteiger partial charge in [0.25, 0.3) is 5.56 Å². The third kappa shape index (κ3) is 4.60. The van der Waals surface area contributed by atoms with E-state index in [0.29, 0.717) is 28.9 Å². The molecule has 0 aliphatic heterocycles. The van der Waals surface area contributed by atoms with Crippen LogP contribution in [-0.4, -0.2) is 22.0 Å². The number of benzene rings is 2. The Hall–Kier alpha value is -2.99. The van der Waals surface area contributed by atoms with Crippen molar-refractivity contribution in [1.29, 1.82) is 0 Å². The van der Waals surface area contributed by atoms with Gasteiger partial charge < -0.3 is 14.5 Å². The fraction of sp³-hybridized carbons (Fsp3) is 0.286. The van der Waals surface area contributed by atoms with Crippen LogP contribution in [0.1, 0.15) is 48.6 Å². The van der Waals surface area contributed by atoms with Crippen LogP contribution in [0, 0.1) is 0 Å². The maximum atomic E-state index is 12.4. The van der Waals surface area contributed by atoms with E-state index in [1.807, 2.05) is 26.0 Å². The summed E-state index contributed by atoms with van der Waals surface area (Å²) < 4.78 is 11.0. The Balaban J connectivity index is 1.71. The Labute approximate surface area is 157 Å². The quantitative estimate of drug-likeness (QED) is 0.672. The zero-order valence-electron chi connectivity index (χ0n) is 15.6. The van der Waals surface area contributed by atoms with Crippen molar-refractivity contribution in [3.63, 3.8) is 0 Å². The summed E-state index contributed by atoms with van der Waals surface area (Å²) in [4.78, 5) is 31.6. The van der Waals surface area contributed by atoms with Crippen LogP contribution in [0.5, 0.6) is 0 Å². The number of para-hydroxylation sites is 1. The molecule has 1 atom stereocenters. The number of rotatable bonds is 6. The molecule has 140 valence electrons. The number of nitrogens with one attached hydrogen (secondary N) is 1. The normalized spacial score (nSPS) is 12.3. The number of hydrogen-bond acceptors (Lipinski definition) is 5. The smallest absolute Gasteiger partial charge is 0.338 e. The second-order valence-electron chi connectivity index (χ2n) is 6.57. The summed E-state index contributed by atoms with van der Waals surface area (Å²) in [6, 6.07) is 14.1. The van der Waals surface area contributed by atoms with E-state index in [4.69, 9.17) is 9.47 Å². The molecular weight excluding hydrogens is 344 g/mol. The number of aromatic nitrogens is 2. The van der Waals surface area contributed by atoms with Crippen molar-refractivity contribution in [3.05, 3.63) is 75.8 Å². The lowest BCUT2D eigenvalue weighted by atomic mass is 10.1. The summed E-state index contributed by atoms with van der Waals surface area (Å²) in [6.07, 6.45) is -0.536. The fourth-order valence-electron chi connectivity index (χ4n) is 2.58. The predicted octanol–water partition coefficient (Wildman–Crippen LogP) is 3.77. The summed E-state index contributed by atoms with van der Waals surface area (Å²) in [6.45, 7) is 6.11. The molecule has 1 heterocycles. The minimum Gasteiger partial charge on any atom is -0.451 e. The molecule has 27 heavy (non-hydrogen) atoms. The van der Waals surface area contributed by atoms with E-state index < -0.39 is 12.1 Å². The number of nitrogens with zero attached hydrogens (tertiary/aromatic N) is 1. The number of hydrogen-bond donors (Lipinski definition) is 1. The molecule has 0 bridgehead atoms. The van der Waals surface area contributed by atoms with Gasteiger partial charge in [-0.1, -0.05) is 24.3 Å². The van der Waals surface area contributed by atoms with E-state index in [0.717, 1.165) is 5.56 Å². The second kappa shape index (κ2) is 8.14. The van der Waals surface area contributed by atoms with Crippen LogP contribution in [-0.2, 0) is 16.1 Å². The number of aromatic amines is 1.